The monoisotopic (exact) mass is 501 g/mol. The molecule has 5 rings (SSSR count). The number of benzene rings is 1. The number of allylic oxidation sites excluding steroid dienone is 1. The molecule has 0 spiro atoms. The molecule has 3 heterocycles. The predicted molar refractivity (Wildman–Crippen MR) is 133 cm³/mol. The third-order valence-electron chi connectivity index (χ3n) is 7.47. The Kier molecular flexibility index (Phi) is 6.20. The van der Waals surface area contributed by atoms with Crippen molar-refractivity contribution in [2.24, 2.45) is 17.8 Å². The highest BCUT2D eigenvalue weighted by molar-refractivity contribution is 5.88. The number of cyclic esters (lactones) is 1. The summed E-state index contributed by atoms with van der Waals surface area (Å²) < 4.78 is 36.4. The van der Waals surface area contributed by atoms with Crippen LogP contribution in [0.15, 0.2) is 67.4 Å². The van der Waals surface area contributed by atoms with Gasteiger partial charge >= 0.3 is 5.97 Å². The highest BCUT2D eigenvalue weighted by atomic mass is 19.3. The lowest BCUT2D eigenvalue weighted by atomic mass is 9.60. The van der Waals surface area contributed by atoms with E-state index in [1.807, 2.05) is 18.2 Å². The second-order valence-corrected chi connectivity index (χ2v) is 9.65. The van der Waals surface area contributed by atoms with Gasteiger partial charge in [-0.25, -0.2) is 23.5 Å². The van der Waals surface area contributed by atoms with Crippen molar-refractivity contribution in [3.05, 3.63) is 78.6 Å². The number of hydrogen-bond donors (Lipinski definition) is 1. The lowest BCUT2D eigenvalue weighted by Gasteiger charge is -2.48. The smallest absolute Gasteiger partial charge is 0.332 e. The number of carbonyl (C=O) groups is 1. The van der Waals surface area contributed by atoms with Gasteiger partial charge in [-0.3, -0.25) is 4.98 Å². The van der Waals surface area contributed by atoms with Crippen LogP contribution >= 0.6 is 0 Å². The van der Waals surface area contributed by atoms with Gasteiger partial charge in [-0.1, -0.05) is 37.3 Å². The fraction of sp³-hybridized carbons (Fsp3) is 0.321. The number of nitrogens with one attached hydrogen (secondary N) is 1. The quantitative estimate of drug-likeness (QED) is 0.484. The molecule has 9 heteroatoms. The van der Waals surface area contributed by atoms with Crippen molar-refractivity contribution >= 4 is 17.7 Å². The van der Waals surface area contributed by atoms with Crippen LogP contribution in [0.1, 0.15) is 31.5 Å². The lowest BCUT2D eigenvalue weighted by molar-refractivity contribution is -0.153. The number of aromatic nitrogens is 3. The average molecular weight is 502 g/mol. The zero-order valence-corrected chi connectivity index (χ0v) is 20.3. The molecule has 0 radical (unpaired) electrons. The van der Waals surface area contributed by atoms with Crippen LogP contribution in [0.5, 0.6) is 0 Å². The molecule has 0 unspecified atom stereocenters. The number of hydrogen-bond acceptors (Lipinski definition) is 7. The molecule has 1 aromatic carbocycles. The number of anilines is 1. The van der Waals surface area contributed by atoms with Crippen LogP contribution < -0.4 is 5.32 Å². The molecule has 1 N–H and O–H groups in total. The minimum atomic E-state index is -3.13. The summed E-state index contributed by atoms with van der Waals surface area (Å²) in [6.45, 7) is 3.25. The molecule has 0 bridgehead atoms. The number of esters is 1. The lowest BCUT2D eigenvalue weighted by Crippen LogP contribution is -2.61. The first-order valence-corrected chi connectivity index (χ1v) is 12.0. The Hall–Kier alpha value is -4.19. The van der Waals surface area contributed by atoms with E-state index in [-0.39, 0.29) is 0 Å². The van der Waals surface area contributed by atoms with Gasteiger partial charge in [0.15, 0.2) is 0 Å². The summed E-state index contributed by atoms with van der Waals surface area (Å²) in [7, 11) is 0. The third kappa shape index (κ3) is 4.33. The number of carbonyl (C=O) groups excluding carboxylic acids is 1. The number of halogens is 2. The van der Waals surface area contributed by atoms with Crippen LogP contribution in [0.25, 0.3) is 17.2 Å². The molecular weight excluding hydrogens is 476 g/mol. The normalized spacial score (nSPS) is 28.4. The zero-order valence-electron chi connectivity index (χ0n) is 20.3. The van der Waals surface area contributed by atoms with Crippen LogP contribution in [-0.2, 0) is 9.53 Å². The molecule has 37 heavy (non-hydrogen) atoms. The molecule has 1 saturated heterocycles. The SMILES string of the molecule is C[C@H]1OC(=O)[C@]2(Nc3cncnc3)CC(F)(F)[C@@H](C)[C@H](/C=C/c3ccc(-c4ccccc4C#N)cn3)[C@H]12. The Morgan fingerprint density at radius 1 is 1.14 bits per heavy atom. The van der Waals surface area contributed by atoms with Crippen LogP contribution in [0.4, 0.5) is 14.5 Å². The summed E-state index contributed by atoms with van der Waals surface area (Å²) in [5.41, 5.74) is 1.42. The molecule has 188 valence electrons. The van der Waals surface area contributed by atoms with Gasteiger partial charge in [0.25, 0.3) is 5.92 Å². The second-order valence-electron chi connectivity index (χ2n) is 9.65. The van der Waals surface area contributed by atoms with E-state index in [2.05, 4.69) is 26.3 Å². The molecule has 2 fully saturated rings. The molecule has 1 aliphatic carbocycles. The fourth-order valence-corrected chi connectivity index (χ4v) is 5.63. The number of ether oxygens (including phenoxy) is 1. The summed E-state index contributed by atoms with van der Waals surface area (Å²) in [5, 5.41) is 12.4. The van der Waals surface area contributed by atoms with E-state index in [1.165, 1.54) is 25.6 Å². The van der Waals surface area contributed by atoms with E-state index in [1.54, 1.807) is 43.5 Å². The number of alkyl halides is 2. The molecule has 2 aliphatic rings. The fourth-order valence-electron chi connectivity index (χ4n) is 5.63. The van der Waals surface area contributed by atoms with Crippen molar-refractivity contribution in [2.45, 2.75) is 37.8 Å². The Morgan fingerprint density at radius 3 is 2.59 bits per heavy atom. The predicted octanol–water partition coefficient (Wildman–Crippen LogP) is 5.13. The minimum Gasteiger partial charge on any atom is -0.460 e. The van der Waals surface area contributed by atoms with E-state index in [0.29, 0.717) is 16.9 Å². The van der Waals surface area contributed by atoms with Gasteiger partial charge in [0.1, 0.15) is 18.0 Å². The summed E-state index contributed by atoms with van der Waals surface area (Å²) in [6.07, 6.45) is 8.04. The van der Waals surface area contributed by atoms with Gasteiger partial charge in [-0.05, 0) is 31.1 Å². The van der Waals surface area contributed by atoms with Gasteiger partial charge in [0.2, 0.25) is 0 Å². The first kappa shape index (κ1) is 24.5. The van der Waals surface area contributed by atoms with Gasteiger partial charge in [0.05, 0.1) is 35.4 Å². The van der Waals surface area contributed by atoms with Crippen LogP contribution in [0.3, 0.4) is 0 Å². The number of fused-ring (bicyclic) bond motifs is 1. The maximum absolute atomic E-state index is 15.4. The second kappa shape index (κ2) is 9.36. The van der Waals surface area contributed by atoms with Crippen molar-refractivity contribution in [1.82, 2.24) is 15.0 Å². The van der Waals surface area contributed by atoms with Crippen molar-refractivity contribution < 1.29 is 18.3 Å². The average Bonchev–Trinajstić information content (AvgIpc) is 3.13. The van der Waals surface area contributed by atoms with Crippen molar-refractivity contribution in [1.29, 1.82) is 5.26 Å². The van der Waals surface area contributed by atoms with E-state index >= 15 is 8.78 Å². The Bertz CT molecular complexity index is 1370. The molecular formula is C28H25F2N5O2. The Balaban J connectivity index is 1.47. The molecule has 3 aromatic rings. The van der Waals surface area contributed by atoms with E-state index in [4.69, 9.17) is 4.74 Å². The van der Waals surface area contributed by atoms with Gasteiger partial charge in [0, 0.05) is 35.6 Å². The van der Waals surface area contributed by atoms with Gasteiger partial charge in [-0.2, -0.15) is 5.26 Å². The largest absolute Gasteiger partial charge is 0.460 e. The maximum atomic E-state index is 15.4. The summed E-state index contributed by atoms with van der Waals surface area (Å²) in [6, 6.07) is 13.0. The molecule has 7 nitrogen and oxygen atoms in total. The van der Waals surface area contributed by atoms with Gasteiger partial charge in [-0.15, -0.1) is 0 Å². The number of pyridine rings is 1. The highest BCUT2D eigenvalue weighted by Crippen LogP contribution is 2.56. The highest BCUT2D eigenvalue weighted by Gasteiger charge is 2.68. The van der Waals surface area contributed by atoms with Crippen molar-refractivity contribution in [2.75, 3.05) is 5.32 Å². The number of nitrogens with zero attached hydrogens (tertiary/aromatic N) is 4. The van der Waals surface area contributed by atoms with Crippen LogP contribution in [0.2, 0.25) is 0 Å². The number of nitriles is 1. The molecule has 1 aliphatic heterocycles. The van der Waals surface area contributed by atoms with Crippen LogP contribution in [0, 0.1) is 29.1 Å². The standard InChI is InChI=1S/C28H25F2N5O2/c1-17-23(10-9-21-8-7-20(12-34-21)24-6-4-3-5-19(24)11-31)25-18(2)37-26(36)27(25,15-28(17,29)30)35-22-13-32-16-33-14-22/h3-10,12-14,16-18,23,25,35H,15H2,1-2H3/b10-9+/t17-,18+,23-,25-,27-/m0/s1. The van der Waals surface area contributed by atoms with Gasteiger partial charge < -0.3 is 10.1 Å². The van der Waals surface area contributed by atoms with Crippen molar-refractivity contribution in [3.63, 3.8) is 0 Å². The number of rotatable bonds is 5. The zero-order chi connectivity index (χ0) is 26.2. The first-order chi connectivity index (χ1) is 17.7. The molecule has 2 aromatic heterocycles. The summed E-state index contributed by atoms with van der Waals surface area (Å²) >= 11 is 0. The van der Waals surface area contributed by atoms with E-state index in [0.717, 1.165) is 11.1 Å². The van der Waals surface area contributed by atoms with E-state index < -0.39 is 47.7 Å². The Morgan fingerprint density at radius 2 is 1.89 bits per heavy atom. The summed E-state index contributed by atoms with van der Waals surface area (Å²) in [4.78, 5) is 25.4. The molecule has 5 atom stereocenters. The van der Waals surface area contributed by atoms with Crippen molar-refractivity contribution in [3.8, 4) is 17.2 Å². The third-order valence-corrected chi connectivity index (χ3v) is 7.47. The first-order valence-electron chi connectivity index (χ1n) is 12.0. The van der Waals surface area contributed by atoms with E-state index in [9.17, 15) is 10.1 Å². The molecule has 1 saturated carbocycles. The Labute approximate surface area is 213 Å². The topological polar surface area (TPSA) is 101 Å². The van der Waals surface area contributed by atoms with Crippen LogP contribution in [-0.4, -0.2) is 38.5 Å². The minimum absolute atomic E-state index is 0.376. The maximum Gasteiger partial charge on any atom is 0.332 e. The summed E-state index contributed by atoms with van der Waals surface area (Å²) in [5.74, 6) is -6.09. The molecule has 0 amide bonds.